The van der Waals surface area contributed by atoms with Crippen LogP contribution in [0.3, 0.4) is 0 Å². The monoisotopic (exact) mass is 386 g/mol. The first-order valence-electron chi connectivity index (χ1n) is 8.18. The minimum absolute atomic E-state index is 0.121. The van der Waals surface area contributed by atoms with Crippen LogP contribution in [0.5, 0.6) is 17.4 Å². The van der Waals surface area contributed by atoms with Crippen molar-refractivity contribution in [1.29, 1.82) is 0 Å². The third kappa shape index (κ3) is 3.57. The maximum atomic E-state index is 12.3. The minimum Gasteiger partial charge on any atom is -0.434 e. The second-order valence-electron chi connectivity index (χ2n) is 6.07. The van der Waals surface area contributed by atoms with Crippen LogP contribution in [0.4, 0.5) is 0 Å². The van der Waals surface area contributed by atoms with Crippen molar-refractivity contribution in [2.75, 3.05) is 0 Å². The van der Waals surface area contributed by atoms with Gasteiger partial charge in [-0.2, -0.15) is 0 Å². The lowest BCUT2D eigenvalue weighted by Crippen LogP contribution is -2.08. The minimum atomic E-state index is -0.485. The molecular weight excluding hydrogens is 372 g/mol. The summed E-state index contributed by atoms with van der Waals surface area (Å²) in [7, 11) is 0. The van der Waals surface area contributed by atoms with Gasteiger partial charge in [0.2, 0.25) is 0 Å². The molecule has 1 aliphatic rings. The van der Waals surface area contributed by atoms with E-state index in [1.54, 1.807) is 17.5 Å². The zero-order valence-corrected chi connectivity index (χ0v) is 15.5. The number of hydrogen-bond acceptors (Lipinski definition) is 6. The Hall–Kier alpha value is -2.44. The number of esters is 1. The molecule has 3 aromatic rings. The lowest BCUT2D eigenvalue weighted by Gasteiger charge is -2.14. The van der Waals surface area contributed by atoms with Crippen LogP contribution in [0.15, 0.2) is 41.8 Å². The maximum Gasteiger partial charge on any atom is 0.353 e. The number of nitrogens with zero attached hydrogens (tertiary/aromatic N) is 2. The van der Waals surface area contributed by atoms with Crippen LogP contribution in [-0.4, -0.2) is 16.2 Å². The Morgan fingerprint density at radius 3 is 2.81 bits per heavy atom. The maximum absolute atomic E-state index is 12.3. The number of carbonyl (C=O) groups is 1. The Bertz CT molecular complexity index is 955. The molecule has 2 aromatic heterocycles. The van der Waals surface area contributed by atoms with E-state index in [9.17, 15) is 4.79 Å². The Morgan fingerprint density at radius 1 is 1.23 bits per heavy atom. The second kappa shape index (κ2) is 7.05. The molecule has 0 saturated heterocycles. The van der Waals surface area contributed by atoms with Gasteiger partial charge in [-0.1, -0.05) is 35.9 Å². The fraction of sp³-hybridized carbons (Fsp3) is 0.211. The Balaban J connectivity index is 1.66. The number of aryl methyl sites for hydroxylation is 1. The van der Waals surface area contributed by atoms with Gasteiger partial charge in [-0.05, 0) is 48.3 Å². The second-order valence-corrected chi connectivity index (χ2v) is 7.41. The van der Waals surface area contributed by atoms with Crippen LogP contribution < -0.4 is 9.47 Å². The van der Waals surface area contributed by atoms with Crippen molar-refractivity contribution >= 4 is 28.9 Å². The summed E-state index contributed by atoms with van der Waals surface area (Å²) >= 11 is 7.23. The van der Waals surface area contributed by atoms with E-state index in [2.05, 4.69) is 16.3 Å². The first-order chi connectivity index (χ1) is 12.6. The molecule has 1 saturated carbocycles. The van der Waals surface area contributed by atoms with E-state index in [0.717, 1.165) is 29.7 Å². The number of para-hydroxylation sites is 1. The molecule has 2 heterocycles. The highest BCUT2D eigenvalue weighted by molar-refractivity contribution is 7.12. The molecule has 5 nitrogen and oxygen atoms in total. The van der Waals surface area contributed by atoms with Gasteiger partial charge in [-0.25, -0.2) is 4.79 Å². The highest BCUT2D eigenvalue weighted by Gasteiger charge is 2.28. The number of ether oxygens (including phenoxy) is 2. The largest absolute Gasteiger partial charge is 0.434 e. The van der Waals surface area contributed by atoms with Crippen molar-refractivity contribution in [2.45, 2.75) is 25.7 Å². The Kier molecular flexibility index (Phi) is 4.61. The number of hydrogen-bond donors (Lipinski definition) is 0. The number of halogens is 1. The lowest BCUT2D eigenvalue weighted by molar-refractivity contribution is 0.0734. The standard InChI is InChI=1S/C19H15ClN2O3S/c1-11-4-2-5-13(12-7-8-12)17(11)25-18-14(10-16(20)21-22-18)24-19(23)15-6-3-9-26-15/h2-6,9-10,12H,7-8H2,1H3. The molecule has 0 N–H and O–H groups in total. The normalized spacial score (nSPS) is 13.5. The number of thiophene rings is 1. The lowest BCUT2D eigenvalue weighted by atomic mass is 10.1. The number of rotatable bonds is 5. The molecule has 0 unspecified atom stereocenters. The van der Waals surface area contributed by atoms with Crippen LogP contribution in [0.2, 0.25) is 5.15 Å². The van der Waals surface area contributed by atoms with Crippen molar-refractivity contribution < 1.29 is 14.3 Å². The molecule has 1 fully saturated rings. The van der Waals surface area contributed by atoms with Crippen molar-refractivity contribution in [1.82, 2.24) is 10.2 Å². The van der Waals surface area contributed by atoms with Crippen LogP contribution in [-0.2, 0) is 0 Å². The fourth-order valence-electron chi connectivity index (χ4n) is 2.66. The van der Waals surface area contributed by atoms with Crippen molar-refractivity contribution in [3.05, 3.63) is 62.9 Å². The molecule has 7 heteroatoms. The zero-order valence-electron chi connectivity index (χ0n) is 13.9. The van der Waals surface area contributed by atoms with Gasteiger partial charge in [0.25, 0.3) is 5.88 Å². The van der Waals surface area contributed by atoms with Gasteiger partial charge < -0.3 is 9.47 Å². The summed E-state index contributed by atoms with van der Waals surface area (Å²) in [5.41, 5.74) is 2.12. The third-order valence-electron chi connectivity index (χ3n) is 4.08. The van der Waals surface area contributed by atoms with Crippen molar-refractivity contribution in [2.24, 2.45) is 0 Å². The van der Waals surface area contributed by atoms with Gasteiger partial charge >= 0.3 is 5.97 Å². The van der Waals surface area contributed by atoms with E-state index < -0.39 is 5.97 Å². The van der Waals surface area contributed by atoms with Gasteiger partial charge in [0.15, 0.2) is 10.9 Å². The van der Waals surface area contributed by atoms with Gasteiger partial charge in [-0.3, -0.25) is 0 Å². The van der Waals surface area contributed by atoms with E-state index in [1.807, 2.05) is 19.1 Å². The molecule has 1 aliphatic carbocycles. The summed E-state index contributed by atoms with van der Waals surface area (Å²) in [5.74, 6) is 1.02. The average molecular weight is 387 g/mol. The summed E-state index contributed by atoms with van der Waals surface area (Å²) in [5, 5.41) is 9.75. The topological polar surface area (TPSA) is 61.3 Å². The number of carbonyl (C=O) groups excluding carboxylic acids is 1. The fourth-order valence-corrected chi connectivity index (χ4v) is 3.39. The van der Waals surface area contributed by atoms with Crippen LogP contribution in [0.1, 0.15) is 39.6 Å². The smallest absolute Gasteiger partial charge is 0.353 e. The zero-order chi connectivity index (χ0) is 18.1. The molecule has 0 radical (unpaired) electrons. The predicted octanol–water partition coefficient (Wildman–Crippen LogP) is 5.39. The summed E-state index contributed by atoms with van der Waals surface area (Å²) < 4.78 is 11.5. The van der Waals surface area contributed by atoms with E-state index >= 15 is 0 Å². The molecule has 0 aliphatic heterocycles. The third-order valence-corrected chi connectivity index (χ3v) is 5.12. The summed E-state index contributed by atoms with van der Waals surface area (Å²) in [4.78, 5) is 12.8. The number of benzene rings is 1. The molecule has 0 amide bonds. The molecule has 4 rings (SSSR count). The SMILES string of the molecule is Cc1cccc(C2CC2)c1Oc1nnc(Cl)cc1OC(=O)c1cccs1. The van der Waals surface area contributed by atoms with Gasteiger partial charge in [0.1, 0.15) is 10.6 Å². The van der Waals surface area contributed by atoms with E-state index in [0.29, 0.717) is 10.8 Å². The molecule has 0 atom stereocenters. The predicted molar refractivity (Wildman–Crippen MR) is 99.5 cm³/mol. The molecule has 0 bridgehead atoms. The van der Waals surface area contributed by atoms with Crippen LogP contribution in [0.25, 0.3) is 0 Å². The van der Waals surface area contributed by atoms with E-state index in [-0.39, 0.29) is 16.8 Å². The van der Waals surface area contributed by atoms with Crippen LogP contribution >= 0.6 is 22.9 Å². The molecule has 132 valence electrons. The Labute approximate surface area is 159 Å². The first-order valence-corrected chi connectivity index (χ1v) is 9.44. The first kappa shape index (κ1) is 17.0. The highest BCUT2D eigenvalue weighted by atomic mass is 35.5. The van der Waals surface area contributed by atoms with E-state index in [1.165, 1.54) is 17.4 Å². The molecule has 26 heavy (non-hydrogen) atoms. The van der Waals surface area contributed by atoms with Gasteiger partial charge in [-0.15, -0.1) is 21.5 Å². The molecule has 0 spiro atoms. The van der Waals surface area contributed by atoms with Gasteiger partial charge in [0, 0.05) is 6.07 Å². The molecular formula is C19H15ClN2O3S. The van der Waals surface area contributed by atoms with Crippen molar-refractivity contribution in [3.63, 3.8) is 0 Å². The summed E-state index contributed by atoms with van der Waals surface area (Å²) in [6.07, 6.45) is 2.29. The number of aromatic nitrogens is 2. The van der Waals surface area contributed by atoms with E-state index in [4.69, 9.17) is 21.1 Å². The molecule has 1 aromatic carbocycles. The van der Waals surface area contributed by atoms with Gasteiger partial charge in [0.05, 0.1) is 0 Å². The summed E-state index contributed by atoms with van der Waals surface area (Å²) in [6, 6.07) is 11.0. The summed E-state index contributed by atoms with van der Waals surface area (Å²) in [6.45, 7) is 1.97. The van der Waals surface area contributed by atoms with Crippen LogP contribution in [0, 0.1) is 6.92 Å². The quantitative estimate of drug-likeness (QED) is 0.550. The van der Waals surface area contributed by atoms with Crippen molar-refractivity contribution in [3.8, 4) is 17.4 Å². The Morgan fingerprint density at radius 2 is 2.08 bits per heavy atom. The highest BCUT2D eigenvalue weighted by Crippen LogP contribution is 2.46. The average Bonchev–Trinajstić information content (AvgIpc) is 3.31.